The van der Waals surface area contributed by atoms with Gasteiger partial charge in [0.05, 0.1) is 5.69 Å². The number of aromatic nitrogens is 1. The smallest absolute Gasteiger partial charge is 0.289 e. The molecule has 0 radical (unpaired) electrons. The summed E-state index contributed by atoms with van der Waals surface area (Å²) in [6.07, 6.45) is 0. The monoisotopic (exact) mass is 259 g/mol. The normalized spacial score (nSPS) is 10.5. The first-order valence-electron chi connectivity index (χ1n) is 6.10. The van der Waals surface area contributed by atoms with Crippen LogP contribution in [0.1, 0.15) is 33.3 Å². The van der Waals surface area contributed by atoms with E-state index in [1.165, 1.54) is 0 Å². The summed E-state index contributed by atoms with van der Waals surface area (Å²) in [5, 5.41) is 2.80. The summed E-state index contributed by atoms with van der Waals surface area (Å²) in [5.74, 6) is 0.520. The van der Waals surface area contributed by atoms with Gasteiger partial charge in [0.15, 0.2) is 5.89 Å². The van der Waals surface area contributed by atoms with Crippen LogP contribution < -0.4 is 11.1 Å². The topological polar surface area (TPSA) is 81.2 Å². The van der Waals surface area contributed by atoms with Crippen molar-refractivity contribution in [3.63, 3.8) is 0 Å². The van der Waals surface area contributed by atoms with Crippen LogP contribution in [0.4, 0.5) is 0 Å². The molecule has 0 saturated heterocycles. The third kappa shape index (κ3) is 3.20. The molecule has 0 aliphatic carbocycles. The predicted molar refractivity (Wildman–Crippen MR) is 71.5 cm³/mol. The van der Waals surface area contributed by atoms with Gasteiger partial charge in [-0.2, -0.15) is 0 Å². The lowest BCUT2D eigenvalue weighted by Gasteiger charge is -2.04. The highest BCUT2D eigenvalue weighted by atomic mass is 16.4. The first-order valence-corrected chi connectivity index (χ1v) is 6.10. The molecule has 1 aromatic carbocycles. The van der Waals surface area contributed by atoms with Gasteiger partial charge >= 0.3 is 0 Å². The van der Waals surface area contributed by atoms with Crippen LogP contribution in [0.3, 0.4) is 0 Å². The maximum atomic E-state index is 11.9. The van der Waals surface area contributed by atoms with Gasteiger partial charge in [0.25, 0.3) is 5.91 Å². The van der Waals surface area contributed by atoms with Crippen LogP contribution in [-0.2, 0) is 13.1 Å². The Hall–Kier alpha value is -2.14. The summed E-state index contributed by atoms with van der Waals surface area (Å²) >= 11 is 0. The Morgan fingerprint density at radius 3 is 2.42 bits per heavy atom. The summed E-state index contributed by atoms with van der Waals surface area (Å²) in [6, 6.07) is 7.79. The lowest BCUT2D eigenvalue weighted by atomic mass is 10.1. The molecule has 2 aromatic rings. The molecule has 100 valence electrons. The minimum atomic E-state index is -0.249. The third-order valence-corrected chi connectivity index (χ3v) is 2.82. The molecular weight excluding hydrogens is 242 g/mol. The lowest BCUT2D eigenvalue weighted by Crippen LogP contribution is -2.23. The number of oxazole rings is 1. The van der Waals surface area contributed by atoms with E-state index in [0.29, 0.717) is 24.7 Å². The second kappa shape index (κ2) is 5.67. The average Bonchev–Trinajstić information content (AvgIpc) is 2.75. The van der Waals surface area contributed by atoms with E-state index in [4.69, 9.17) is 10.2 Å². The molecule has 0 saturated carbocycles. The standard InChI is InChI=1S/C14H17N3O2/c1-9-13(19-10(2)17-9)14(18)16-8-12-5-3-11(7-15)4-6-12/h3-6H,7-8,15H2,1-2H3,(H,16,18). The highest BCUT2D eigenvalue weighted by molar-refractivity contribution is 5.92. The quantitative estimate of drug-likeness (QED) is 0.875. The summed E-state index contributed by atoms with van der Waals surface area (Å²) in [7, 11) is 0. The van der Waals surface area contributed by atoms with E-state index in [1.54, 1.807) is 13.8 Å². The second-order valence-corrected chi connectivity index (χ2v) is 4.35. The summed E-state index contributed by atoms with van der Waals surface area (Å²) in [4.78, 5) is 16.0. The largest absolute Gasteiger partial charge is 0.436 e. The molecule has 1 aromatic heterocycles. The van der Waals surface area contributed by atoms with Gasteiger partial charge in [-0.05, 0) is 18.1 Å². The van der Waals surface area contributed by atoms with Crippen molar-refractivity contribution >= 4 is 5.91 Å². The van der Waals surface area contributed by atoms with Crippen molar-refractivity contribution < 1.29 is 9.21 Å². The third-order valence-electron chi connectivity index (χ3n) is 2.82. The van der Waals surface area contributed by atoms with Crippen molar-refractivity contribution in [3.8, 4) is 0 Å². The molecule has 2 rings (SSSR count). The Bertz CT molecular complexity index is 573. The van der Waals surface area contributed by atoms with Crippen molar-refractivity contribution in [1.29, 1.82) is 0 Å². The maximum absolute atomic E-state index is 11.9. The number of nitrogens with two attached hydrogens (primary N) is 1. The molecule has 1 heterocycles. The van der Waals surface area contributed by atoms with Gasteiger partial charge in [-0.25, -0.2) is 4.98 Å². The molecule has 19 heavy (non-hydrogen) atoms. The van der Waals surface area contributed by atoms with E-state index in [1.807, 2.05) is 24.3 Å². The van der Waals surface area contributed by atoms with Gasteiger partial charge in [-0.3, -0.25) is 4.79 Å². The van der Waals surface area contributed by atoms with E-state index in [9.17, 15) is 4.79 Å². The van der Waals surface area contributed by atoms with Crippen molar-refractivity contribution in [3.05, 3.63) is 52.7 Å². The number of hydrogen-bond acceptors (Lipinski definition) is 4. The fourth-order valence-electron chi connectivity index (χ4n) is 1.80. The van der Waals surface area contributed by atoms with Gasteiger partial charge in [-0.15, -0.1) is 0 Å². The van der Waals surface area contributed by atoms with E-state index in [0.717, 1.165) is 11.1 Å². The molecule has 0 aliphatic heterocycles. The van der Waals surface area contributed by atoms with Gasteiger partial charge < -0.3 is 15.5 Å². The molecule has 3 N–H and O–H groups in total. The van der Waals surface area contributed by atoms with E-state index < -0.39 is 0 Å². The molecule has 5 heteroatoms. The van der Waals surface area contributed by atoms with Crippen molar-refractivity contribution in [2.75, 3.05) is 0 Å². The van der Waals surface area contributed by atoms with Crippen LogP contribution in [0.2, 0.25) is 0 Å². The second-order valence-electron chi connectivity index (χ2n) is 4.35. The molecule has 0 fully saturated rings. The molecule has 1 amide bonds. The lowest BCUT2D eigenvalue weighted by molar-refractivity contribution is 0.0921. The Labute approximate surface area is 111 Å². The number of carbonyl (C=O) groups is 1. The Morgan fingerprint density at radius 1 is 1.26 bits per heavy atom. The maximum Gasteiger partial charge on any atom is 0.289 e. The fraction of sp³-hybridized carbons (Fsp3) is 0.286. The minimum absolute atomic E-state index is 0.249. The van der Waals surface area contributed by atoms with E-state index >= 15 is 0 Å². The summed E-state index contributed by atoms with van der Waals surface area (Å²) in [6.45, 7) is 4.43. The number of carbonyl (C=O) groups excluding carboxylic acids is 1. The summed E-state index contributed by atoms with van der Waals surface area (Å²) in [5.41, 5.74) is 8.21. The number of nitrogens with one attached hydrogen (secondary N) is 1. The highest BCUT2D eigenvalue weighted by Crippen LogP contribution is 2.09. The minimum Gasteiger partial charge on any atom is -0.436 e. The zero-order valence-electron chi connectivity index (χ0n) is 11.1. The number of hydrogen-bond donors (Lipinski definition) is 2. The van der Waals surface area contributed by atoms with Gasteiger partial charge in [0.2, 0.25) is 5.76 Å². The van der Waals surface area contributed by atoms with Crippen LogP contribution in [0.25, 0.3) is 0 Å². The van der Waals surface area contributed by atoms with Gasteiger partial charge in [0.1, 0.15) is 0 Å². The highest BCUT2D eigenvalue weighted by Gasteiger charge is 2.15. The van der Waals surface area contributed by atoms with Crippen LogP contribution in [0.5, 0.6) is 0 Å². The predicted octanol–water partition coefficient (Wildman–Crippen LogP) is 1.68. The van der Waals surface area contributed by atoms with Crippen LogP contribution in [0.15, 0.2) is 28.7 Å². The Kier molecular flexibility index (Phi) is 3.97. The molecule has 0 atom stereocenters. The zero-order chi connectivity index (χ0) is 13.8. The molecule has 0 unspecified atom stereocenters. The van der Waals surface area contributed by atoms with Crippen molar-refractivity contribution in [2.45, 2.75) is 26.9 Å². The molecular formula is C14H17N3O2. The van der Waals surface area contributed by atoms with Crippen molar-refractivity contribution in [1.82, 2.24) is 10.3 Å². The van der Waals surface area contributed by atoms with E-state index in [2.05, 4.69) is 10.3 Å². The van der Waals surface area contributed by atoms with Gasteiger partial charge in [0, 0.05) is 20.0 Å². The zero-order valence-corrected chi connectivity index (χ0v) is 11.1. The number of nitrogens with zero attached hydrogens (tertiary/aromatic N) is 1. The number of aryl methyl sites for hydroxylation is 2. The van der Waals surface area contributed by atoms with Crippen LogP contribution in [0, 0.1) is 13.8 Å². The van der Waals surface area contributed by atoms with Gasteiger partial charge in [-0.1, -0.05) is 24.3 Å². The SMILES string of the molecule is Cc1nc(C)c(C(=O)NCc2ccc(CN)cc2)o1. The first-order chi connectivity index (χ1) is 9.10. The number of benzene rings is 1. The molecule has 0 aliphatic rings. The first kappa shape index (κ1) is 13.3. The van der Waals surface area contributed by atoms with Crippen molar-refractivity contribution in [2.24, 2.45) is 5.73 Å². The Balaban J connectivity index is 1.98. The van der Waals surface area contributed by atoms with Crippen LogP contribution >= 0.6 is 0 Å². The van der Waals surface area contributed by atoms with E-state index in [-0.39, 0.29) is 11.7 Å². The molecule has 0 bridgehead atoms. The average molecular weight is 259 g/mol. The molecule has 5 nitrogen and oxygen atoms in total. The fourth-order valence-corrected chi connectivity index (χ4v) is 1.80. The Morgan fingerprint density at radius 2 is 1.89 bits per heavy atom. The number of amides is 1. The number of rotatable bonds is 4. The molecule has 0 spiro atoms. The summed E-state index contributed by atoms with van der Waals surface area (Å²) < 4.78 is 5.26. The van der Waals surface area contributed by atoms with Crippen LogP contribution in [-0.4, -0.2) is 10.9 Å².